The van der Waals surface area contributed by atoms with Crippen LogP contribution < -0.4 is 10.1 Å². The maximum atomic E-state index is 6.10. The average Bonchev–Trinajstić information content (AvgIpc) is 2.33. The molecule has 1 rings (SSSR count). The largest absolute Gasteiger partial charge is 0.489 e. The summed E-state index contributed by atoms with van der Waals surface area (Å²) in [6, 6.07) is 8.32. The summed E-state index contributed by atoms with van der Waals surface area (Å²) >= 11 is 1.75. The van der Waals surface area contributed by atoms with E-state index in [4.69, 9.17) is 4.74 Å². The Morgan fingerprint density at radius 2 is 1.74 bits per heavy atom. The summed E-state index contributed by atoms with van der Waals surface area (Å²) in [7, 11) is 0. The number of thioether (sulfide) groups is 1. The molecule has 0 aliphatic heterocycles. The van der Waals surface area contributed by atoms with Gasteiger partial charge in [-0.2, -0.15) is 0 Å². The van der Waals surface area contributed by atoms with E-state index < -0.39 is 0 Å². The van der Waals surface area contributed by atoms with Gasteiger partial charge in [0.2, 0.25) is 0 Å². The summed E-state index contributed by atoms with van der Waals surface area (Å²) in [6.07, 6.45) is 2.28. The minimum absolute atomic E-state index is 0.124. The molecule has 0 aliphatic rings. The van der Waals surface area contributed by atoms with Gasteiger partial charge in [-0.15, -0.1) is 11.8 Å². The van der Waals surface area contributed by atoms with Crippen LogP contribution >= 0.6 is 11.8 Å². The number of hydrogen-bond donors (Lipinski definition) is 1. The van der Waals surface area contributed by atoms with Gasteiger partial charge in [0, 0.05) is 17.0 Å². The Balaban J connectivity index is 2.62. The predicted octanol–water partition coefficient (Wildman–Crippen LogP) is 4.20. The fraction of sp³-hybridized carbons (Fsp3) is 0.625. The Kier molecular flexibility index (Phi) is 6.21. The van der Waals surface area contributed by atoms with Crippen molar-refractivity contribution in [3.63, 3.8) is 0 Å². The zero-order valence-electron chi connectivity index (χ0n) is 13.0. The molecule has 1 unspecified atom stereocenters. The molecule has 0 saturated carbocycles. The zero-order valence-corrected chi connectivity index (χ0v) is 13.8. The predicted molar refractivity (Wildman–Crippen MR) is 85.2 cm³/mol. The molecule has 1 aromatic carbocycles. The lowest BCUT2D eigenvalue weighted by Crippen LogP contribution is -2.44. The van der Waals surface area contributed by atoms with E-state index in [9.17, 15) is 0 Å². The highest BCUT2D eigenvalue weighted by atomic mass is 32.2. The monoisotopic (exact) mass is 281 g/mol. The molecular weight excluding hydrogens is 254 g/mol. The highest BCUT2D eigenvalue weighted by molar-refractivity contribution is 7.98. The number of rotatable bonds is 6. The Bertz CT molecular complexity index is 367. The lowest BCUT2D eigenvalue weighted by molar-refractivity contribution is 0.139. The van der Waals surface area contributed by atoms with Crippen molar-refractivity contribution in [1.82, 2.24) is 5.32 Å². The Labute approximate surface area is 122 Å². The van der Waals surface area contributed by atoms with E-state index in [-0.39, 0.29) is 11.6 Å². The lowest BCUT2D eigenvalue weighted by atomic mass is 10.0. The molecule has 0 aliphatic carbocycles. The summed E-state index contributed by atoms with van der Waals surface area (Å²) in [5, 5.41) is 3.52. The first-order valence-corrected chi connectivity index (χ1v) is 8.10. The Morgan fingerprint density at radius 3 is 2.16 bits per heavy atom. The van der Waals surface area contributed by atoms with Gasteiger partial charge in [-0.05, 0) is 57.2 Å². The molecule has 1 aromatic rings. The van der Waals surface area contributed by atoms with Gasteiger partial charge in [-0.3, -0.25) is 0 Å². The van der Waals surface area contributed by atoms with Crippen molar-refractivity contribution in [2.45, 2.75) is 51.2 Å². The molecule has 0 fully saturated rings. The van der Waals surface area contributed by atoms with Crippen molar-refractivity contribution in [2.24, 2.45) is 5.92 Å². The normalized spacial score (nSPS) is 13.6. The van der Waals surface area contributed by atoms with Crippen molar-refractivity contribution in [1.29, 1.82) is 0 Å². The fourth-order valence-corrected chi connectivity index (χ4v) is 2.06. The van der Waals surface area contributed by atoms with Gasteiger partial charge in [0.05, 0.1) is 0 Å². The summed E-state index contributed by atoms with van der Waals surface area (Å²) in [5.41, 5.74) is 0.124. The summed E-state index contributed by atoms with van der Waals surface area (Å²) < 4.78 is 6.10. The number of benzene rings is 1. The van der Waals surface area contributed by atoms with Crippen LogP contribution in [-0.4, -0.2) is 24.4 Å². The number of hydrogen-bond acceptors (Lipinski definition) is 3. The molecule has 0 bridgehead atoms. The van der Waals surface area contributed by atoms with Crippen molar-refractivity contribution < 1.29 is 4.74 Å². The molecule has 2 nitrogen and oxygen atoms in total. The Hall–Kier alpha value is -0.670. The van der Waals surface area contributed by atoms with E-state index in [0.29, 0.717) is 5.92 Å². The summed E-state index contributed by atoms with van der Waals surface area (Å²) in [5.74, 6) is 1.43. The molecule has 108 valence electrons. The van der Waals surface area contributed by atoms with Gasteiger partial charge in [0.25, 0.3) is 0 Å². The first-order valence-electron chi connectivity index (χ1n) is 6.87. The number of nitrogens with one attached hydrogen (secondary N) is 1. The van der Waals surface area contributed by atoms with Crippen molar-refractivity contribution in [3.05, 3.63) is 24.3 Å². The van der Waals surface area contributed by atoms with Crippen LogP contribution in [0.1, 0.15) is 34.6 Å². The highest BCUT2D eigenvalue weighted by Crippen LogP contribution is 2.21. The van der Waals surface area contributed by atoms with E-state index in [1.807, 2.05) is 0 Å². The van der Waals surface area contributed by atoms with Gasteiger partial charge >= 0.3 is 0 Å². The van der Waals surface area contributed by atoms with E-state index in [2.05, 4.69) is 70.5 Å². The molecular formula is C16H27NOS. The van der Waals surface area contributed by atoms with Crippen LogP contribution in [0.25, 0.3) is 0 Å². The second-order valence-electron chi connectivity index (χ2n) is 6.21. The smallest absolute Gasteiger partial charge is 0.119 e. The second kappa shape index (κ2) is 7.20. The minimum atomic E-state index is 0.124. The van der Waals surface area contributed by atoms with Crippen LogP contribution in [-0.2, 0) is 0 Å². The van der Waals surface area contributed by atoms with E-state index in [1.165, 1.54) is 4.90 Å². The highest BCUT2D eigenvalue weighted by Gasteiger charge is 2.18. The van der Waals surface area contributed by atoms with Crippen LogP contribution in [0.3, 0.4) is 0 Å². The molecule has 0 saturated heterocycles. The first-order chi connectivity index (χ1) is 8.81. The minimum Gasteiger partial charge on any atom is -0.489 e. The van der Waals surface area contributed by atoms with Gasteiger partial charge in [0.1, 0.15) is 11.9 Å². The van der Waals surface area contributed by atoms with Gasteiger partial charge in [-0.25, -0.2) is 0 Å². The molecule has 1 N–H and O–H groups in total. The quantitative estimate of drug-likeness (QED) is 0.790. The first kappa shape index (κ1) is 16.4. The van der Waals surface area contributed by atoms with Crippen molar-refractivity contribution in [2.75, 3.05) is 12.8 Å². The lowest BCUT2D eigenvalue weighted by Gasteiger charge is -2.28. The second-order valence-corrected chi connectivity index (χ2v) is 7.09. The topological polar surface area (TPSA) is 21.3 Å². The molecule has 0 heterocycles. The Morgan fingerprint density at radius 1 is 1.16 bits per heavy atom. The third-order valence-electron chi connectivity index (χ3n) is 2.92. The van der Waals surface area contributed by atoms with E-state index in [1.54, 1.807) is 11.8 Å². The fourth-order valence-electron chi connectivity index (χ4n) is 1.65. The summed E-state index contributed by atoms with van der Waals surface area (Å²) in [6.45, 7) is 11.8. The molecule has 0 spiro atoms. The SMILES string of the molecule is CSc1ccc(OC(CNC(C)(C)C)C(C)C)cc1. The third-order valence-corrected chi connectivity index (χ3v) is 3.67. The maximum absolute atomic E-state index is 6.10. The van der Waals surface area contributed by atoms with Crippen molar-refractivity contribution in [3.8, 4) is 5.75 Å². The van der Waals surface area contributed by atoms with Crippen LogP contribution in [0.2, 0.25) is 0 Å². The van der Waals surface area contributed by atoms with E-state index >= 15 is 0 Å². The van der Waals surface area contributed by atoms with Crippen LogP contribution in [0.15, 0.2) is 29.2 Å². The third kappa shape index (κ3) is 6.35. The molecule has 0 radical (unpaired) electrons. The molecule has 1 atom stereocenters. The molecule has 3 heteroatoms. The van der Waals surface area contributed by atoms with Crippen LogP contribution in [0, 0.1) is 5.92 Å². The standard InChI is InChI=1S/C16H27NOS/c1-12(2)15(11-17-16(3,4)5)18-13-7-9-14(19-6)10-8-13/h7-10,12,15,17H,11H2,1-6H3. The van der Waals surface area contributed by atoms with E-state index in [0.717, 1.165) is 12.3 Å². The molecule has 19 heavy (non-hydrogen) atoms. The van der Waals surface area contributed by atoms with Crippen molar-refractivity contribution >= 4 is 11.8 Å². The van der Waals surface area contributed by atoms with Gasteiger partial charge in [0.15, 0.2) is 0 Å². The molecule has 0 aromatic heterocycles. The maximum Gasteiger partial charge on any atom is 0.119 e. The number of ether oxygens (including phenoxy) is 1. The van der Waals surface area contributed by atoms with Crippen LogP contribution in [0.4, 0.5) is 0 Å². The van der Waals surface area contributed by atoms with Crippen LogP contribution in [0.5, 0.6) is 5.75 Å². The molecule has 0 amide bonds. The summed E-state index contributed by atoms with van der Waals surface area (Å²) in [4.78, 5) is 1.27. The van der Waals surface area contributed by atoms with Gasteiger partial charge < -0.3 is 10.1 Å². The zero-order chi connectivity index (χ0) is 14.5. The van der Waals surface area contributed by atoms with Gasteiger partial charge in [-0.1, -0.05) is 13.8 Å². The average molecular weight is 281 g/mol.